The molecule has 0 atom stereocenters. The number of aryl methyl sites for hydroxylation is 1. The van der Waals surface area contributed by atoms with E-state index in [9.17, 15) is 18.0 Å². The lowest BCUT2D eigenvalue weighted by atomic mass is 9.94. The lowest BCUT2D eigenvalue weighted by Gasteiger charge is -2.29. The minimum Gasteiger partial charge on any atom is -0.459 e. The number of halogens is 3. The van der Waals surface area contributed by atoms with Gasteiger partial charge >= 0.3 is 12.1 Å². The van der Waals surface area contributed by atoms with Crippen molar-refractivity contribution in [1.82, 2.24) is 15.0 Å². The summed E-state index contributed by atoms with van der Waals surface area (Å²) in [4.78, 5) is 18.7. The Labute approximate surface area is 230 Å². The molecule has 0 aliphatic carbocycles. The molecular formula is C31H30F3N3O3. The summed E-state index contributed by atoms with van der Waals surface area (Å²) in [6, 6.07) is 16.8. The van der Waals surface area contributed by atoms with Crippen LogP contribution >= 0.6 is 0 Å². The molecule has 3 aromatic carbocycles. The number of carbonyl (C=O) groups is 1. The van der Waals surface area contributed by atoms with Crippen molar-refractivity contribution in [3.05, 3.63) is 82.9 Å². The maximum absolute atomic E-state index is 14.1. The molecule has 1 aliphatic heterocycles. The van der Waals surface area contributed by atoms with Gasteiger partial charge in [0.15, 0.2) is 0 Å². The van der Waals surface area contributed by atoms with Crippen LogP contribution in [-0.4, -0.2) is 39.7 Å². The van der Waals surface area contributed by atoms with E-state index in [0.717, 1.165) is 35.7 Å². The van der Waals surface area contributed by atoms with Gasteiger partial charge in [-0.1, -0.05) is 47.6 Å². The van der Waals surface area contributed by atoms with Gasteiger partial charge in [-0.3, -0.25) is 9.69 Å². The number of hydrogen-bond acceptors (Lipinski definition) is 6. The Kier molecular flexibility index (Phi) is 7.27. The average Bonchev–Trinajstić information content (AvgIpc) is 3.37. The van der Waals surface area contributed by atoms with E-state index in [0.29, 0.717) is 17.7 Å². The van der Waals surface area contributed by atoms with Crippen LogP contribution in [-0.2, 0) is 28.7 Å². The fourth-order valence-electron chi connectivity index (χ4n) is 4.93. The normalized spacial score (nSPS) is 14.2. The SMILES string of the molecule is Cc1ccccc1-c1ccc(-c2nc(-c3ccc4c(c3)CN(CC(=O)OC(C)(C)C)CC4)no2)cc1C(F)(F)F. The average molecular weight is 550 g/mol. The van der Waals surface area contributed by atoms with E-state index < -0.39 is 17.3 Å². The van der Waals surface area contributed by atoms with E-state index >= 15 is 0 Å². The van der Waals surface area contributed by atoms with E-state index in [1.54, 1.807) is 37.3 Å². The second-order valence-electron chi connectivity index (χ2n) is 11.0. The van der Waals surface area contributed by atoms with Gasteiger partial charge in [0.1, 0.15) is 5.60 Å². The third-order valence-electron chi connectivity index (χ3n) is 6.76. The topological polar surface area (TPSA) is 68.5 Å². The molecule has 0 amide bonds. The lowest BCUT2D eigenvalue weighted by molar-refractivity contribution is -0.156. The third kappa shape index (κ3) is 6.09. The number of esters is 1. The largest absolute Gasteiger partial charge is 0.459 e. The first kappa shape index (κ1) is 27.6. The second-order valence-corrected chi connectivity index (χ2v) is 11.0. The first-order chi connectivity index (χ1) is 18.9. The summed E-state index contributed by atoms with van der Waals surface area (Å²) in [7, 11) is 0. The Morgan fingerprint density at radius 3 is 2.45 bits per heavy atom. The van der Waals surface area contributed by atoms with Crippen LogP contribution in [0.15, 0.2) is 65.2 Å². The quantitative estimate of drug-likeness (QED) is 0.248. The van der Waals surface area contributed by atoms with Crippen LogP contribution < -0.4 is 0 Å². The molecule has 6 nitrogen and oxygen atoms in total. The number of aromatic nitrogens is 2. The molecule has 2 heterocycles. The molecule has 0 spiro atoms. The molecule has 9 heteroatoms. The number of fused-ring (bicyclic) bond motifs is 1. The summed E-state index contributed by atoms with van der Waals surface area (Å²) in [5, 5.41) is 4.05. The molecule has 0 saturated heterocycles. The number of hydrogen-bond donors (Lipinski definition) is 0. The van der Waals surface area contributed by atoms with Gasteiger partial charge in [-0.25, -0.2) is 0 Å². The van der Waals surface area contributed by atoms with Crippen molar-refractivity contribution in [3.8, 4) is 34.0 Å². The molecule has 0 unspecified atom stereocenters. The molecular weight excluding hydrogens is 519 g/mol. The van der Waals surface area contributed by atoms with Crippen molar-refractivity contribution in [3.63, 3.8) is 0 Å². The van der Waals surface area contributed by atoms with Crippen LogP contribution in [0.3, 0.4) is 0 Å². The first-order valence-electron chi connectivity index (χ1n) is 13.0. The van der Waals surface area contributed by atoms with E-state index in [-0.39, 0.29) is 35.4 Å². The summed E-state index contributed by atoms with van der Waals surface area (Å²) < 4.78 is 53.1. The number of benzene rings is 3. The summed E-state index contributed by atoms with van der Waals surface area (Å²) in [5.41, 5.74) is 3.11. The van der Waals surface area contributed by atoms with Crippen LogP contribution in [0.4, 0.5) is 13.2 Å². The molecule has 5 rings (SSSR count). The summed E-state index contributed by atoms with van der Waals surface area (Å²) in [6.45, 7) is 8.77. The Hall–Kier alpha value is -3.98. The van der Waals surface area contributed by atoms with E-state index in [4.69, 9.17) is 9.26 Å². The smallest absolute Gasteiger partial charge is 0.417 e. The van der Waals surface area contributed by atoms with Crippen LogP contribution in [0.25, 0.3) is 34.0 Å². The van der Waals surface area contributed by atoms with Gasteiger partial charge in [0.2, 0.25) is 5.82 Å². The Balaban J connectivity index is 1.39. The fourth-order valence-corrected chi connectivity index (χ4v) is 4.93. The summed E-state index contributed by atoms with van der Waals surface area (Å²) >= 11 is 0. The first-order valence-corrected chi connectivity index (χ1v) is 13.0. The monoisotopic (exact) mass is 549 g/mol. The maximum Gasteiger partial charge on any atom is 0.417 e. The third-order valence-corrected chi connectivity index (χ3v) is 6.76. The van der Waals surface area contributed by atoms with Gasteiger partial charge in [0, 0.05) is 24.2 Å². The lowest BCUT2D eigenvalue weighted by Crippen LogP contribution is -2.37. The van der Waals surface area contributed by atoms with E-state index in [2.05, 4.69) is 10.1 Å². The highest BCUT2D eigenvalue weighted by Crippen LogP contribution is 2.40. The van der Waals surface area contributed by atoms with Gasteiger partial charge < -0.3 is 9.26 Å². The number of rotatable bonds is 5. The van der Waals surface area contributed by atoms with Crippen LogP contribution in [0.1, 0.15) is 43.0 Å². The van der Waals surface area contributed by atoms with Crippen molar-refractivity contribution >= 4 is 5.97 Å². The van der Waals surface area contributed by atoms with E-state index in [1.807, 2.05) is 43.9 Å². The molecule has 1 aliphatic rings. The van der Waals surface area contributed by atoms with Gasteiger partial charge in [-0.15, -0.1) is 0 Å². The molecule has 1 aromatic heterocycles. The molecule has 0 bridgehead atoms. The van der Waals surface area contributed by atoms with Gasteiger partial charge in [0.05, 0.1) is 12.1 Å². The van der Waals surface area contributed by atoms with Crippen molar-refractivity contribution in [2.24, 2.45) is 0 Å². The van der Waals surface area contributed by atoms with Crippen molar-refractivity contribution in [2.45, 2.75) is 52.4 Å². The molecule has 0 fully saturated rings. The highest BCUT2D eigenvalue weighted by atomic mass is 19.4. The fraction of sp³-hybridized carbons (Fsp3) is 0.323. The molecule has 208 valence electrons. The number of carbonyl (C=O) groups excluding carboxylic acids is 1. The highest BCUT2D eigenvalue weighted by Gasteiger charge is 2.35. The van der Waals surface area contributed by atoms with Crippen LogP contribution in [0, 0.1) is 6.92 Å². The molecule has 40 heavy (non-hydrogen) atoms. The molecule has 0 N–H and O–H groups in total. The van der Waals surface area contributed by atoms with Crippen LogP contribution in [0.2, 0.25) is 0 Å². The molecule has 0 radical (unpaired) electrons. The Morgan fingerprint density at radius 2 is 1.73 bits per heavy atom. The summed E-state index contributed by atoms with van der Waals surface area (Å²) in [6.07, 6.45) is -3.79. The van der Waals surface area contributed by atoms with E-state index in [1.165, 1.54) is 6.07 Å². The standard InChI is InChI=1S/C31H30F3N3O3/c1-19-7-5-6-8-24(19)25-12-11-22(16-26(25)31(32,33)34)29-35-28(36-40-29)21-10-9-20-13-14-37(17-23(20)15-21)18-27(38)39-30(2,3)4/h5-12,15-16H,13-14,17-18H2,1-4H3. The zero-order valence-electron chi connectivity index (χ0n) is 22.8. The molecule has 4 aromatic rings. The maximum atomic E-state index is 14.1. The van der Waals surface area contributed by atoms with Gasteiger partial charge in [0.25, 0.3) is 5.89 Å². The van der Waals surface area contributed by atoms with Gasteiger partial charge in [-0.05, 0) is 80.1 Å². The zero-order valence-corrected chi connectivity index (χ0v) is 22.8. The summed E-state index contributed by atoms with van der Waals surface area (Å²) in [5.74, 6) is 0.00120. The number of alkyl halides is 3. The van der Waals surface area contributed by atoms with Gasteiger partial charge in [-0.2, -0.15) is 18.2 Å². The number of ether oxygens (including phenoxy) is 1. The Bertz CT molecular complexity index is 1550. The van der Waals surface area contributed by atoms with Crippen molar-refractivity contribution in [1.29, 1.82) is 0 Å². The second kappa shape index (κ2) is 10.5. The Morgan fingerprint density at radius 1 is 0.975 bits per heavy atom. The minimum absolute atomic E-state index is 0.00102. The van der Waals surface area contributed by atoms with Crippen molar-refractivity contribution < 1.29 is 27.2 Å². The zero-order chi connectivity index (χ0) is 28.7. The highest BCUT2D eigenvalue weighted by molar-refractivity contribution is 5.75. The van der Waals surface area contributed by atoms with Crippen molar-refractivity contribution in [2.75, 3.05) is 13.1 Å². The minimum atomic E-state index is -4.57. The predicted octanol–water partition coefficient (Wildman–Crippen LogP) is 7.10. The predicted molar refractivity (Wildman–Crippen MR) is 145 cm³/mol. The number of nitrogens with zero attached hydrogens (tertiary/aromatic N) is 3. The molecule has 0 saturated carbocycles. The van der Waals surface area contributed by atoms with Crippen LogP contribution in [0.5, 0.6) is 0 Å².